The largest absolute Gasteiger partial charge is 0.368 e. The second-order valence-corrected chi connectivity index (χ2v) is 7.48. The zero-order valence-corrected chi connectivity index (χ0v) is 14.5. The van der Waals surface area contributed by atoms with Gasteiger partial charge in [0.05, 0.1) is 5.41 Å². The Morgan fingerprint density at radius 3 is 2.84 bits per heavy atom. The number of carbonyl (C=O) groups excluding carboxylic acids is 2. The van der Waals surface area contributed by atoms with E-state index in [4.69, 9.17) is 4.74 Å². The number of likely N-dealkylation sites (tertiary alicyclic amines) is 2. The molecule has 1 aromatic heterocycles. The van der Waals surface area contributed by atoms with Gasteiger partial charge in [0, 0.05) is 45.2 Å². The van der Waals surface area contributed by atoms with Crippen LogP contribution in [0, 0.1) is 5.41 Å². The number of piperidine rings is 1. The number of carbonyl (C=O) groups is 2. The molecule has 6 heteroatoms. The highest BCUT2D eigenvalue weighted by Gasteiger charge is 2.50. The lowest BCUT2D eigenvalue weighted by Gasteiger charge is -2.39. The van der Waals surface area contributed by atoms with Crippen molar-refractivity contribution < 1.29 is 14.3 Å². The fourth-order valence-electron chi connectivity index (χ4n) is 4.43. The second kappa shape index (κ2) is 6.75. The number of pyridine rings is 1. The zero-order chi connectivity index (χ0) is 17.3. The maximum absolute atomic E-state index is 13.1. The van der Waals surface area contributed by atoms with E-state index in [1.165, 1.54) is 0 Å². The van der Waals surface area contributed by atoms with Crippen LogP contribution >= 0.6 is 0 Å². The number of amides is 2. The Morgan fingerprint density at radius 2 is 2.08 bits per heavy atom. The molecule has 0 saturated carbocycles. The van der Waals surface area contributed by atoms with Gasteiger partial charge in [0.25, 0.3) is 5.91 Å². The molecule has 3 fully saturated rings. The second-order valence-electron chi connectivity index (χ2n) is 7.48. The molecule has 2 atom stereocenters. The number of hydrogen-bond acceptors (Lipinski definition) is 4. The van der Waals surface area contributed by atoms with Gasteiger partial charge in [-0.05, 0) is 49.8 Å². The Balaban J connectivity index is 1.44. The third-order valence-electron chi connectivity index (χ3n) is 5.82. The molecule has 0 N–H and O–H groups in total. The minimum Gasteiger partial charge on any atom is -0.368 e. The van der Waals surface area contributed by atoms with E-state index in [0.717, 1.165) is 50.8 Å². The molecule has 134 valence electrons. The summed E-state index contributed by atoms with van der Waals surface area (Å²) in [5.74, 6) is 0.283. The van der Waals surface area contributed by atoms with Crippen molar-refractivity contribution in [3.63, 3.8) is 0 Å². The smallest absolute Gasteiger partial charge is 0.251 e. The number of ether oxygens (including phenoxy) is 1. The highest BCUT2D eigenvalue weighted by atomic mass is 16.5. The molecule has 3 aliphatic heterocycles. The molecule has 0 aliphatic carbocycles. The van der Waals surface area contributed by atoms with Crippen molar-refractivity contribution in [3.8, 4) is 0 Å². The molecule has 0 aromatic carbocycles. The number of hydrogen-bond donors (Lipinski definition) is 0. The van der Waals surface area contributed by atoms with E-state index < -0.39 is 0 Å². The summed E-state index contributed by atoms with van der Waals surface area (Å²) < 4.78 is 5.55. The minimum absolute atomic E-state index is 0.0805. The van der Waals surface area contributed by atoms with E-state index in [1.807, 2.05) is 21.9 Å². The van der Waals surface area contributed by atoms with Crippen molar-refractivity contribution in [2.75, 3.05) is 26.2 Å². The highest BCUT2D eigenvalue weighted by molar-refractivity contribution is 5.87. The van der Waals surface area contributed by atoms with Gasteiger partial charge in [0.1, 0.15) is 6.10 Å². The Kier molecular flexibility index (Phi) is 4.46. The molecule has 6 nitrogen and oxygen atoms in total. The summed E-state index contributed by atoms with van der Waals surface area (Å²) in [5, 5.41) is 0. The van der Waals surface area contributed by atoms with Gasteiger partial charge in [-0.15, -0.1) is 0 Å². The van der Waals surface area contributed by atoms with Crippen molar-refractivity contribution >= 4 is 11.8 Å². The summed E-state index contributed by atoms with van der Waals surface area (Å²) in [6.45, 7) is 3.37. The molecule has 1 aromatic rings. The number of nitrogens with zero attached hydrogens (tertiary/aromatic N) is 3. The normalized spacial score (nSPS) is 29.6. The third-order valence-corrected chi connectivity index (χ3v) is 5.82. The molecule has 0 radical (unpaired) electrons. The molecule has 25 heavy (non-hydrogen) atoms. The summed E-state index contributed by atoms with van der Waals surface area (Å²) >= 11 is 0. The van der Waals surface area contributed by atoms with Crippen LogP contribution in [-0.2, 0) is 20.9 Å². The molecule has 2 amide bonds. The van der Waals surface area contributed by atoms with Crippen LogP contribution in [0.4, 0.5) is 0 Å². The SMILES string of the molecule is O=C([C@H]1CCCO1)N1CCC[C@]2(CCN(Cc3ccncc3)C2=O)C1. The summed E-state index contributed by atoms with van der Waals surface area (Å²) in [7, 11) is 0. The molecule has 1 spiro atoms. The van der Waals surface area contributed by atoms with E-state index in [9.17, 15) is 9.59 Å². The summed E-state index contributed by atoms with van der Waals surface area (Å²) in [4.78, 5) is 33.7. The van der Waals surface area contributed by atoms with Gasteiger partial charge in [0.15, 0.2) is 0 Å². The molecule has 0 unspecified atom stereocenters. The minimum atomic E-state index is -0.389. The Bertz CT molecular complexity index is 645. The van der Waals surface area contributed by atoms with Crippen molar-refractivity contribution in [2.45, 2.75) is 44.8 Å². The van der Waals surface area contributed by atoms with Gasteiger partial charge < -0.3 is 14.5 Å². The lowest BCUT2D eigenvalue weighted by Crippen LogP contribution is -2.52. The molecular formula is C19H25N3O3. The average molecular weight is 343 g/mol. The Hall–Kier alpha value is -1.95. The lowest BCUT2D eigenvalue weighted by molar-refractivity contribution is -0.149. The topological polar surface area (TPSA) is 62.7 Å². The first-order valence-corrected chi connectivity index (χ1v) is 9.27. The first-order chi connectivity index (χ1) is 12.2. The van der Waals surface area contributed by atoms with Gasteiger partial charge in [0.2, 0.25) is 5.91 Å². The molecule has 4 rings (SSSR count). The van der Waals surface area contributed by atoms with Crippen LogP contribution in [0.2, 0.25) is 0 Å². The van der Waals surface area contributed by atoms with E-state index >= 15 is 0 Å². The van der Waals surface area contributed by atoms with Crippen LogP contribution in [-0.4, -0.2) is 58.9 Å². The molecule has 3 aliphatic rings. The third kappa shape index (κ3) is 3.15. The first kappa shape index (κ1) is 16.5. The van der Waals surface area contributed by atoms with Crippen LogP contribution in [0.1, 0.15) is 37.7 Å². The predicted molar refractivity (Wildman–Crippen MR) is 91.5 cm³/mol. The monoisotopic (exact) mass is 343 g/mol. The van der Waals surface area contributed by atoms with E-state index in [0.29, 0.717) is 19.7 Å². The zero-order valence-electron chi connectivity index (χ0n) is 14.5. The van der Waals surface area contributed by atoms with E-state index in [1.54, 1.807) is 12.4 Å². The van der Waals surface area contributed by atoms with Crippen LogP contribution in [0.5, 0.6) is 0 Å². The summed E-state index contributed by atoms with van der Waals surface area (Å²) in [6.07, 6.45) is 7.61. The van der Waals surface area contributed by atoms with Crippen molar-refractivity contribution in [3.05, 3.63) is 30.1 Å². The van der Waals surface area contributed by atoms with Gasteiger partial charge in [-0.25, -0.2) is 0 Å². The van der Waals surface area contributed by atoms with Crippen molar-refractivity contribution in [2.24, 2.45) is 5.41 Å². The van der Waals surface area contributed by atoms with Crippen molar-refractivity contribution in [1.82, 2.24) is 14.8 Å². The maximum Gasteiger partial charge on any atom is 0.251 e. The molecule has 0 bridgehead atoms. The molecule has 3 saturated heterocycles. The van der Waals surface area contributed by atoms with Gasteiger partial charge in [-0.1, -0.05) is 0 Å². The summed E-state index contributed by atoms with van der Waals surface area (Å²) in [5.41, 5.74) is 0.711. The Labute approximate surface area is 148 Å². The standard InChI is InChI=1S/C19H25N3O3/c23-17(16-3-1-12-25-16)22-10-2-6-19(14-22)7-11-21(18(19)24)13-15-4-8-20-9-5-15/h4-5,8-9,16H,1-3,6-7,10-14H2/t16-,19+/m1/s1. The lowest BCUT2D eigenvalue weighted by atomic mass is 9.78. The molecular weight excluding hydrogens is 318 g/mol. The quantitative estimate of drug-likeness (QED) is 0.836. The van der Waals surface area contributed by atoms with Gasteiger partial charge in [-0.3, -0.25) is 14.6 Å². The Morgan fingerprint density at radius 1 is 1.24 bits per heavy atom. The fourth-order valence-corrected chi connectivity index (χ4v) is 4.43. The van der Waals surface area contributed by atoms with Crippen LogP contribution < -0.4 is 0 Å². The van der Waals surface area contributed by atoms with Gasteiger partial charge in [-0.2, -0.15) is 0 Å². The van der Waals surface area contributed by atoms with Crippen LogP contribution in [0.3, 0.4) is 0 Å². The number of rotatable bonds is 3. The first-order valence-electron chi connectivity index (χ1n) is 9.27. The van der Waals surface area contributed by atoms with Crippen molar-refractivity contribution in [1.29, 1.82) is 0 Å². The number of aromatic nitrogens is 1. The molecule has 4 heterocycles. The fraction of sp³-hybridized carbons (Fsp3) is 0.632. The van der Waals surface area contributed by atoms with Gasteiger partial charge >= 0.3 is 0 Å². The summed E-state index contributed by atoms with van der Waals surface area (Å²) in [6, 6.07) is 3.90. The van der Waals surface area contributed by atoms with E-state index in [2.05, 4.69) is 4.98 Å². The maximum atomic E-state index is 13.1. The van der Waals surface area contributed by atoms with Crippen LogP contribution in [0.15, 0.2) is 24.5 Å². The average Bonchev–Trinajstić information content (AvgIpc) is 3.28. The predicted octanol–water partition coefficient (Wildman–Crippen LogP) is 1.60. The van der Waals surface area contributed by atoms with E-state index in [-0.39, 0.29) is 23.3 Å². The van der Waals surface area contributed by atoms with Crippen LogP contribution in [0.25, 0.3) is 0 Å². The highest BCUT2D eigenvalue weighted by Crippen LogP contribution is 2.41.